The molecule has 0 spiro atoms. The fourth-order valence-corrected chi connectivity index (χ4v) is 3.72. The Hall–Kier alpha value is -3.19. The number of rotatable bonds is 3. The molecule has 2 N–H and O–H groups in total. The molecule has 1 aliphatic carbocycles. The number of nitrogens with zero attached hydrogens (tertiary/aromatic N) is 4. The third-order valence-electron chi connectivity index (χ3n) is 5.06. The van der Waals surface area contributed by atoms with Gasteiger partial charge in [0.25, 0.3) is 0 Å². The first-order chi connectivity index (χ1) is 13.5. The first kappa shape index (κ1) is 16.9. The lowest BCUT2D eigenvalue weighted by Gasteiger charge is -2.13. The zero-order valence-electron chi connectivity index (χ0n) is 15.0. The number of aromatic nitrogens is 4. The molecule has 140 valence electrons. The van der Waals surface area contributed by atoms with Crippen molar-refractivity contribution in [3.05, 3.63) is 47.4 Å². The molecular formula is C20H16ClN5O2. The average molecular weight is 394 g/mol. The van der Waals surface area contributed by atoms with E-state index in [0.717, 1.165) is 34.9 Å². The molecule has 1 aromatic carbocycles. The number of anilines is 1. The van der Waals surface area contributed by atoms with Crippen molar-refractivity contribution < 1.29 is 9.90 Å². The van der Waals surface area contributed by atoms with Crippen molar-refractivity contribution in [2.45, 2.75) is 19.8 Å². The summed E-state index contributed by atoms with van der Waals surface area (Å²) in [5, 5.41) is 22.3. The van der Waals surface area contributed by atoms with Crippen molar-refractivity contribution in [2.75, 3.05) is 5.32 Å². The third-order valence-corrected chi connectivity index (χ3v) is 5.44. The molecule has 4 aromatic rings. The van der Waals surface area contributed by atoms with Crippen LogP contribution in [0.25, 0.3) is 27.7 Å². The van der Waals surface area contributed by atoms with Gasteiger partial charge in [-0.25, -0.2) is 4.98 Å². The van der Waals surface area contributed by atoms with Gasteiger partial charge in [-0.2, -0.15) is 0 Å². The summed E-state index contributed by atoms with van der Waals surface area (Å²) in [6.45, 7) is 1.92. The molecule has 28 heavy (non-hydrogen) atoms. The number of hydrogen-bond donors (Lipinski definition) is 2. The highest BCUT2D eigenvalue weighted by molar-refractivity contribution is 6.35. The Morgan fingerprint density at radius 3 is 2.93 bits per heavy atom. The number of carbonyl (C=O) groups is 1. The number of halogens is 1. The van der Waals surface area contributed by atoms with Crippen LogP contribution in [-0.2, 0) is 4.79 Å². The quantitative estimate of drug-likeness (QED) is 0.549. The number of phenols is 1. The Bertz CT molecular complexity index is 1260. The maximum Gasteiger partial charge on any atom is 0.228 e. The lowest BCUT2D eigenvalue weighted by Crippen LogP contribution is -2.14. The summed E-state index contributed by atoms with van der Waals surface area (Å²) in [5.74, 6) is 0.617. The van der Waals surface area contributed by atoms with Crippen LogP contribution in [0, 0.1) is 12.8 Å². The first-order valence-corrected chi connectivity index (χ1v) is 9.32. The predicted octanol–water partition coefficient (Wildman–Crippen LogP) is 3.96. The van der Waals surface area contributed by atoms with Gasteiger partial charge in [0, 0.05) is 34.7 Å². The standard InChI is InChI=1S/C20H16ClN5O2/c1-10-2-5-15(27)18(21)17(10)13-6-12-8-22-16(24-20(28)11-3-4-11)7-14(12)26-9-23-25-19(13)26/h2,5-9,11,27H,3-4H2,1H3,(H,22,24,28). The van der Waals surface area contributed by atoms with Gasteiger partial charge in [-0.3, -0.25) is 9.20 Å². The molecule has 0 atom stereocenters. The van der Waals surface area contributed by atoms with Gasteiger partial charge in [-0.05, 0) is 37.5 Å². The van der Waals surface area contributed by atoms with Crippen LogP contribution in [0.5, 0.6) is 5.75 Å². The predicted molar refractivity (Wildman–Crippen MR) is 106 cm³/mol. The van der Waals surface area contributed by atoms with Crippen molar-refractivity contribution in [3.63, 3.8) is 0 Å². The minimum atomic E-state index is 0.00522. The summed E-state index contributed by atoms with van der Waals surface area (Å²) in [5.41, 5.74) is 3.79. The third kappa shape index (κ3) is 2.66. The van der Waals surface area contributed by atoms with E-state index in [9.17, 15) is 9.90 Å². The molecule has 1 saturated carbocycles. The van der Waals surface area contributed by atoms with Crippen LogP contribution in [0.15, 0.2) is 36.8 Å². The van der Waals surface area contributed by atoms with Gasteiger partial charge in [-0.15, -0.1) is 10.2 Å². The van der Waals surface area contributed by atoms with Gasteiger partial charge in [0.05, 0.1) is 10.5 Å². The molecule has 1 amide bonds. The molecule has 3 heterocycles. The number of amides is 1. The zero-order valence-corrected chi connectivity index (χ0v) is 15.7. The fraction of sp³-hybridized carbons (Fsp3) is 0.200. The Kier molecular flexibility index (Phi) is 3.73. The van der Waals surface area contributed by atoms with E-state index < -0.39 is 0 Å². The molecule has 0 aliphatic heterocycles. The van der Waals surface area contributed by atoms with E-state index in [4.69, 9.17) is 11.6 Å². The smallest absolute Gasteiger partial charge is 0.228 e. The number of aromatic hydroxyl groups is 1. The maximum absolute atomic E-state index is 12.0. The highest BCUT2D eigenvalue weighted by Gasteiger charge is 2.29. The van der Waals surface area contributed by atoms with E-state index in [0.29, 0.717) is 17.0 Å². The molecule has 0 saturated heterocycles. The van der Waals surface area contributed by atoms with E-state index in [1.807, 2.05) is 29.5 Å². The second kappa shape index (κ2) is 6.17. The molecule has 1 fully saturated rings. The van der Waals surface area contributed by atoms with Crippen LogP contribution >= 0.6 is 11.6 Å². The van der Waals surface area contributed by atoms with Gasteiger partial charge in [-0.1, -0.05) is 17.7 Å². The number of hydrogen-bond acceptors (Lipinski definition) is 5. The molecule has 5 rings (SSSR count). The van der Waals surface area contributed by atoms with E-state index in [1.165, 1.54) is 0 Å². The van der Waals surface area contributed by atoms with Gasteiger partial charge < -0.3 is 10.4 Å². The molecular weight excluding hydrogens is 378 g/mol. The summed E-state index contributed by atoms with van der Waals surface area (Å²) in [6, 6.07) is 7.11. The van der Waals surface area contributed by atoms with Crippen LogP contribution < -0.4 is 5.32 Å². The summed E-state index contributed by atoms with van der Waals surface area (Å²) in [7, 11) is 0. The van der Waals surface area contributed by atoms with Crippen LogP contribution in [0.1, 0.15) is 18.4 Å². The second-order valence-corrected chi connectivity index (χ2v) is 7.44. The second-order valence-electron chi connectivity index (χ2n) is 7.07. The summed E-state index contributed by atoms with van der Waals surface area (Å²) in [4.78, 5) is 16.4. The van der Waals surface area contributed by atoms with Crippen molar-refractivity contribution in [1.29, 1.82) is 0 Å². The molecule has 7 nitrogen and oxygen atoms in total. The Morgan fingerprint density at radius 1 is 1.32 bits per heavy atom. The minimum absolute atomic E-state index is 0.00522. The highest BCUT2D eigenvalue weighted by atomic mass is 35.5. The van der Waals surface area contributed by atoms with Crippen molar-refractivity contribution in [2.24, 2.45) is 5.92 Å². The Labute approximate surface area is 165 Å². The molecule has 0 bridgehead atoms. The van der Waals surface area contributed by atoms with Crippen molar-refractivity contribution in [1.82, 2.24) is 19.6 Å². The molecule has 0 unspecified atom stereocenters. The number of benzene rings is 1. The summed E-state index contributed by atoms with van der Waals surface area (Å²) >= 11 is 6.40. The number of aryl methyl sites for hydroxylation is 1. The van der Waals surface area contributed by atoms with E-state index in [-0.39, 0.29) is 22.6 Å². The lowest BCUT2D eigenvalue weighted by atomic mass is 9.99. The number of pyridine rings is 2. The van der Waals surface area contributed by atoms with E-state index in [2.05, 4.69) is 20.5 Å². The Balaban J connectivity index is 1.71. The minimum Gasteiger partial charge on any atom is -0.506 e. The average Bonchev–Trinajstić information content (AvgIpc) is 3.42. The van der Waals surface area contributed by atoms with Gasteiger partial charge in [0.15, 0.2) is 5.65 Å². The fourth-order valence-electron chi connectivity index (χ4n) is 3.41. The first-order valence-electron chi connectivity index (χ1n) is 8.94. The van der Waals surface area contributed by atoms with E-state index >= 15 is 0 Å². The number of nitrogens with one attached hydrogen (secondary N) is 1. The van der Waals surface area contributed by atoms with Crippen molar-refractivity contribution >= 4 is 39.9 Å². The van der Waals surface area contributed by atoms with Crippen LogP contribution in [-0.4, -0.2) is 30.6 Å². The SMILES string of the molecule is Cc1ccc(O)c(Cl)c1-c1cc2cnc(NC(=O)C3CC3)cc2n2cnnc12. The summed E-state index contributed by atoms with van der Waals surface area (Å²) in [6.07, 6.45) is 5.18. The van der Waals surface area contributed by atoms with Gasteiger partial charge in [0.1, 0.15) is 17.9 Å². The topological polar surface area (TPSA) is 92.4 Å². The van der Waals surface area contributed by atoms with Crippen LogP contribution in [0.3, 0.4) is 0 Å². The summed E-state index contributed by atoms with van der Waals surface area (Å²) < 4.78 is 1.83. The van der Waals surface area contributed by atoms with Crippen molar-refractivity contribution in [3.8, 4) is 16.9 Å². The van der Waals surface area contributed by atoms with Crippen LogP contribution in [0.2, 0.25) is 5.02 Å². The number of carbonyl (C=O) groups excluding carboxylic acids is 1. The van der Waals surface area contributed by atoms with Gasteiger partial charge in [0.2, 0.25) is 5.91 Å². The highest BCUT2D eigenvalue weighted by Crippen LogP contribution is 2.40. The number of phenolic OH excluding ortho intramolecular Hbond substituents is 1. The maximum atomic E-state index is 12.0. The largest absolute Gasteiger partial charge is 0.506 e. The Morgan fingerprint density at radius 2 is 2.14 bits per heavy atom. The molecule has 3 aromatic heterocycles. The number of fused-ring (bicyclic) bond motifs is 3. The molecule has 0 radical (unpaired) electrons. The normalized spacial score (nSPS) is 13.9. The zero-order chi connectivity index (χ0) is 19.4. The van der Waals surface area contributed by atoms with Gasteiger partial charge >= 0.3 is 0 Å². The van der Waals surface area contributed by atoms with E-state index in [1.54, 1.807) is 18.6 Å². The molecule has 1 aliphatic rings. The molecule has 8 heteroatoms. The monoisotopic (exact) mass is 393 g/mol. The van der Waals surface area contributed by atoms with Crippen LogP contribution in [0.4, 0.5) is 5.82 Å². The lowest BCUT2D eigenvalue weighted by molar-refractivity contribution is -0.117.